The van der Waals surface area contributed by atoms with Gasteiger partial charge in [-0.1, -0.05) is 12.1 Å². The Morgan fingerprint density at radius 3 is 2.64 bits per heavy atom. The average molecular weight is 298 g/mol. The highest BCUT2D eigenvalue weighted by atomic mass is 16.6. The van der Waals surface area contributed by atoms with E-state index in [9.17, 15) is 10.1 Å². The van der Waals surface area contributed by atoms with Gasteiger partial charge in [0, 0.05) is 56.7 Å². The van der Waals surface area contributed by atoms with E-state index in [1.807, 2.05) is 36.7 Å². The first-order chi connectivity index (χ1) is 10.7. The van der Waals surface area contributed by atoms with E-state index in [-0.39, 0.29) is 10.6 Å². The molecular formula is C16H18N4O2. The van der Waals surface area contributed by atoms with Crippen molar-refractivity contribution < 1.29 is 4.92 Å². The lowest BCUT2D eigenvalue weighted by atomic mass is 10.0. The van der Waals surface area contributed by atoms with Gasteiger partial charge in [-0.2, -0.15) is 0 Å². The van der Waals surface area contributed by atoms with E-state index in [2.05, 4.69) is 15.2 Å². The predicted octanol–water partition coefficient (Wildman–Crippen LogP) is 2.14. The highest BCUT2D eigenvalue weighted by molar-refractivity contribution is 5.33. The number of nitrogens with one attached hydrogen (secondary N) is 1. The summed E-state index contributed by atoms with van der Waals surface area (Å²) in [6.45, 7) is 3.59. The number of nitrogens with zero attached hydrogens (tertiary/aromatic N) is 3. The Kier molecular flexibility index (Phi) is 4.41. The van der Waals surface area contributed by atoms with Crippen molar-refractivity contribution in [1.82, 2.24) is 15.2 Å². The molecule has 1 aromatic carbocycles. The van der Waals surface area contributed by atoms with Crippen molar-refractivity contribution in [3.8, 4) is 0 Å². The van der Waals surface area contributed by atoms with E-state index in [0.29, 0.717) is 6.04 Å². The van der Waals surface area contributed by atoms with Crippen molar-refractivity contribution in [3.63, 3.8) is 0 Å². The van der Waals surface area contributed by atoms with Gasteiger partial charge in [0.25, 0.3) is 5.69 Å². The molecule has 0 amide bonds. The molecule has 0 radical (unpaired) electrons. The van der Waals surface area contributed by atoms with Crippen molar-refractivity contribution in [1.29, 1.82) is 0 Å². The van der Waals surface area contributed by atoms with Crippen molar-refractivity contribution in [3.05, 3.63) is 70.0 Å². The van der Waals surface area contributed by atoms with Crippen LogP contribution in [0.5, 0.6) is 0 Å². The Bertz CT molecular complexity index is 630. The van der Waals surface area contributed by atoms with Crippen LogP contribution in [-0.4, -0.2) is 34.4 Å². The van der Waals surface area contributed by atoms with Crippen LogP contribution in [0.3, 0.4) is 0 Å². The summed E-state index contributed by atoms with van der Waals surface area (Å²) < 4.78 is 0. The maximum absolute atomic E-state index is 10.7. The van der Waals surface area contributed by atoms with Crippen molar-refractivity contribution in [2.24, 2.45) is 0 Å². The van der Waals surface area contributed by atoms with Crippen LogP contribution in [0.2, 0.25) is 0 Å². The largest absolute Gasteiger partial charge is 0.314 e. The number of benzene rings is 1. The second-order valence-electron chi connectivity index (χ2n) is 5.39. The van der Waals surface area contributed by atoms with E-state index >= 15 is 0 Å². The SMILES string of the molecule is O=[N+]([O-])c1ccc(CN2CCNCC2c2ccncc2)cc1. The summed E-state index contributed by atoms with van der Waals surface area (Å²) in [6, 6.07) is 11.2. The van der Waals surface area contributed by atoms with Gasteiger partial charge in [0.2, 0.25) is 0 Å². The zero-order valence-electron chi connectivity index (χ0n) is 12.2. The summed E-state index contributed by atoms with van der Waals surface area (Å²) in [6.07, 6.45) is 3.63. The summed E-state index contributed by atoms with van der Waals surface area (Å²) in [7, 11) is 0. The number of pyridine rings is 1. The molecule has 1 atom stereocenters. The van der Waals surface area contributed by atoms with E-state index < -0.39 is 0 Å². The number of nitro groups is 1. The molecule has 0 spiro atoms. The Morgan fingerprint density at radius 1 is 1.23 bits per heavy atom. The first-order valence-electron chi connectivity index (χ1n) is 7.32. The minimum absolute atomic E-state index is 0.134. The van der Waals surface area contributed by atoms with E-state index in [1.165, 1.54) is 5.56 Å². The van der Waals surface area contributed by atoms with Crippen LogP contribution in [-0.2, 0) is 6.54 Å². The van der Waals surface area contributed by atoms with Crippen LogP contribution in [0.4, 0.5) is 5.69 Å². The van der Waals surface area contributed by atoms with Gasteiger partial charge in [0.1, 0.15) is 0 Å². The second kappa shape index (κ2) is 6.64. The molecule has 1 unspecified atom stereocenters. The predicted molar refractivity (Wildman–Crippen MR) is 83.4 cm³/mol. The average Bonchev–Trinajstić information content (AvgIpc) is 2.57. The number of aromatic nitrogens is 1. The molecule has 2 aromatic rings. The molecule has 1 saturated heterocycles. The molecule has 1 aliphatic heterocycles. The maximum Gasteiger partial charge on any atom is 0.269 e. The first kappa shape index (κ1) is 14.6. The Balaban J connectivity index is 1.75. The number of hydrogen-bond donors (Lipinski definition) is 1. The summed E-state index contributed by atoms with van der Waals surface area (Å²) in [5, 5.41) is 14.1. The number of piperazine rings is 1. The highest BCUT2D eigenvalue weighted by Crippen LogP contribution is 2.24. The van der Waals surface area contributed by atoms with Gasteiger partial charge in [-0.25, -0.2) is 0 Å². The minimum atomic E-state index is -0.367. The summed E-state index contributed by atoms with van der Waals surface area (Å²) in [4.78, 5) is 16.8. The Morgan fingerprint density at radius 2 is 1.95 bits per heavy atom. The van der Waals surface area contributed by atoms with Crippen LogP contribution in [0.25, 0.3) is 0 Å². The van der Waals surface area contributed by atoms with Crippen molar-refractivity contribution >= 4 is 5.69 Å². The van der Waals surface area contributed by atoms with Crippen molar-refractivity contribution in [2.75, 3.05) is 19.6 Å². The van der Waals surface area contributed by atoms with Gasteiger partial charge in [0.15, 0.2) is 0 Å². The lowest BCUT2D eigenvalue weighted by molar-refractivity contribution is -0.384. The van der Waals surface area contributed by atoms with Gasteiger partial charge < -0.3 is 5.32 Å². The molecule has 1 fully saturated rings. The smallest absolute Gasteiger partial charge is 0.269 e. The third kappa shape index (κ3) is 3.29. The van der Waals surface area contributed by atoms with E-state index in [1.54, 1.807) is 12.1 Å². The monoisotopic (exact) mass is 298 g/mol. The zero-order valence-corrected chi connectivity index (χ0v) is 12.2. The molecule has 0 bridgehead atoms. The third-order valence-corrected chi connectivity index (χ3v) is 3.98. The number of rotatable bonds is 4. The number of hydrogen-bond acceptors (Lipinski definition) is 5. The summed E-state index contributed by atoms with van der Waals surface area (Å²) >= 11 is 0. The van der Waals surface area contributed by atoms with Gasteiger partial charge in [-0.3, -0.25) is 20.0 Å². The fraction of sp³-hybridized carbons (Fsp3) is 0.312. The topological polar surface area (TPSA) is 71.3 Å². The van der Waals surface area contributed by atoms with Gasteiger partial charge >= 0.3 is 0 Å². The molecule has 1 aliphatic rings. The standard InChI is InChI=1S/C16H18N4O2/c21-20(22)15-3-1-13(2-4-15)12-19-10-9-18-11-16(19)14-5-7-17-8-6-14/h1-8,16,18H,9-12H2. The third-order valence-electron chi connectivity index (χ3n) is 3.98. The first-order valence-corrected chi connectivity index (χ1v) is 7.32. The summed E-state index contributed by atoms with van der Waals surface area (Å²) in [5.74, 6) is 0. The van der Waals surface area contributed by atoms with Crippen LogP contribution >= 0.6 is 0 Å². The number of nitro benzene ring substituents is 1. The van der Waals surface area contributed by atoms with Crippen LogP contribution in [0.15, 0.2) is 48.8 Å². The molecule has 22 heavy (non-hydrogen) atoms. The minimum Gasteiger partial charge on any atom is -0.314 e. The molecule has 6 nitrogen and oxygen atoms in total. The molecule has 2 heterocycles. The van der Waals surface area contributed by atoms with Gasteiger partial charge in [0.05, 0.1) is 4.92 Å². The zero-order chi connectivity index (χ0) is 15.4. The lowest BCUT2D eigenvalue weighted by Crippen LogP contribution is -2.45. The Hall–Kier alpha value is -2.31. The maximum atomic E-state index is 10.7. The molecular weight excluding hydrogens is 280 g/mol. The highest BCUT2D eigenvalue weighted by Gasteiger charge is 2.23. The lowest BCUT2D eigenvalue weighted by Gasteiger charge is -2.36. The van der Waals surface area contributed by atoms with E-state index in [0.717, 1.165) is 31.7 Å². The van der Waals surface area contributed by atoms with Gasteiger partial charge in [-0.15, -0.1) is 0 Å². The molecule has 0 saturated carbocycles. The molecule has 0 aliphatic carbocycles. The summed E-state index contributed by atoms with van der Waals surface area (Å²) in [5.41, 5.74) is 2.46. The fourth-order valence-corrected chi connectivity index (χ4v) is 2.81. The van der Waals surface area contributed by atoms with Crippen LogP contribution < -0.4 is 5.32 Å². The molecule has 1 N–H and O–H groups in total. The quantitative estimate of drug-likeness (QED) is 0.691. The number of non-ortho nitro benzene ring substituents is 1. The fourth-order valence-electron chi connectivity index (χ4n) is 2.81. The second-order valence-corrected chi connectivity index (χ2v) is 5.39. The van der Waals surface area contributed by atoms with Gasteiger partial charge in [-0.05, 0) is 23.3 Å². The van der Waals surface area contributed by atoms with E-state index in [4.69, 9.17) is 0 Å². The molecule has 1 aromatic heterocycles. The van der Waals surface area contributed by atoms with Crippen LogP contribution in [0.1, 0.15) is 17.2 Å². The Labute approximate surface area is 128 Å². The van der Waals surface area contributed by atoms with Crippen molar-refractivity contribution in [2.45, 2.75) is 12.6 Å². The molecule has 3 rings (SSSR count). The molecule has 6 heteroatoms. The van der Waals surface area contributed by atoms with Crippen LogP contribution in [0, 0.1) is 10.1 Å². The molecule has 114 valence electrons. The normalized spacial score (nSPS) is 19.0.